The van der Waals surface area contributed by atoms with Crippen LogP contribution in [0, 0.1) is 0 Å². The van der Waals surface area contributed by atoms with E-state index in [9.17, 15) is 4.79 Å². The fourth-order valence-corrected chi connectivity index (χ4v) is 1.03. The minimum atomic E-state index is -0.320. The van der Waals surface area contributed by atoms with Crippen LogP contribution in [0.1, 0.15) is 13.3 Å². The Morgan fingerprint density at radius 1 is 1.55 bits per heavy atom. The van der Waals surface area contributed by atoms with Crippen LogP contribution in [0.2, 0.25) is 0 Å². The van der Waals surface area contributed by atoms with Crippen LogP contribution in [-0.4, -0.2) is 41.8 Å². The highest BCUT2D eigenvalue weighted by Crippen LogP contribution is 2.05. The maximum Gasteiger partial charge on any atom is 0.146 e. The van der Waals surface area contributed by atoms with E-state index in [0.717, 1.165) is 7.11 Å². The Bertz CT molecular complexity index is 127. The minimum absolute atomic E-state index is 0.0972. The Kier molecular flexibility index (Phi) is 5.02. The second-order valence-electron chi connectivity index (χ2n) is 2.46. The third-order valence-corrected chi connectivity index (χ3v) is 1.60. The van der Waals surface area contributed by atoms with E-state index in [4.69, 9.17) is 10.2 Å². The van der Waals surface area contributed by atoms with Crippen LogP contribution in [0.5, 0.6) is 0 Å². The maximum atomic E-state index is 10.6. The SMILES string of the molecule is CC(=O)C1CC(O)CN1.CO. The van der Waals surface area contributed by atoms with E-state index in [2.05, 4.69) is 5.32 Å². The van der Waals surface area contributed by atoms with Crippen LogP contribution in [0.25, 0.3) is 0 Å². The lowest BCUT2D eigenvalue weighted by Crippen LogP contribution is -2.28. The monoisotopic (exact) mass is 161 g/mol. The Morgan fingerprint density at radius 2 is 2.09 bits per heavy atom. The number of aliphatic hydroxyl groups is 2. The van der Waals surface area contributed by atoms with Crippen molar-refractivity contribution in [2.45, 2.75) is 25.5 Å². The Balaban J connectivity index is 0.000000461. The van der Waals surface area contributed by atoms with Gasteiger partial charge in [-0.3, -0.25) is 4.79 Å². The first-order valence-electron chi connectivity index (χ1n) is 3.57. The molecule has 0 aliphatic carbocycles. The van der Waals surface area contributed by atoms with E-state index in [-0.39, 0.29) is 17.9 Å². The number of aliphatic hydroxyl groups excluding tert-OH is 2. The predicted octanol–water partition coefficient (Wildman–Crippen LogP) is -1.09. The van der Waals surface area contributed by atoms with Gasteiger partial charge in [-0.15, -0.1) is 0 Å². The van der Waals surface area contributed by atoms with E-state index in [1.54, 1.807) is 0 Å². The molecule has 0 amide bonds. The zero-order chi connectivity index (χ0) is 8.85. The molecule has 2 atom stereocenters. The molecule has 1 heterocycles. The number of Topliss-reactive ketones (excluding diaryl/α,β-unsaturated/α-hetero) is 1. The second kappa shape index (κ2) is 5.23. The van der Waals surface area contributed by atoms with Crippen molar-refractivity contribution in [3.8, 4) is 0 Å². The van der Waals surface area contributed by atoms with Gasteiger partial charge in [0.1, 0.15) is 5.78 Å². The average molecular weight is 161 g/mol. The van der Waals surface area contributed by atoms with Gasteiger partial charge >= 0.3 is 0 Å². The first-order valence-corrected chi connectivity index (χ1v) is 3.57. The molecule has 3 N–H and O–H groups in total. The molecule has 0 bridgehead atoms. The molecule has 1 rings (SSSR count). The summed E-state index contributed by atoms with van der Waals surface area (Å²) in [5.41, 5.74) is 0. The fourth-order valence-electron chi connectivity index (χ4n) is 1.03. The lowest BCUT2D eigenvalue weighted by Gasteiger charge is -2.01. The summed E-state index contributed by atoms with van der Waals surface area (Å²) in [6, 6.07) is -0.0972. The van der Waals surface area contributed by atoms with Crippen molar-refractivity contribution in [2.75, 3.05) is 13.7 Å². The molecule has 1 fully saturated rings. The minimum Gasteiger partial charge on any atom is -0.400 e. The highest BCUT2D eigenvalue weighted by molar-refractivity contribution is 5.81. The molecule has 0 aromatic rings. The van der Waals surface area contributed by atoms with Gasteiger partial charge < -0.3 is 15.5 Å². The lowest BCUT2D eigenvalue weighted by molar-refractivity contribution is -0.118. The molecule has 66 valence electrons. The summed E-state index contributed by atoms with van der Waals surface area (Å²) in [5.74, 6) is 0.117. The molecule has 11 heavy (non-hydrogen) atoms. The van der Waals surface area contributed by atoms with E-state index in [1.807, 2.05) is 0 Å². The third kappa shape index (κ3) is 3.46. The van der Waals surface area contributed by atoms with Gasteiger partial charge in [0.05, 0.1) is 12.1 Å². The molecule has 1 aliphatic heterocycles. The van der Waals surface area contributed by atoms with Gasteiger partial charge in [-0.2, -0.15) is 0 Å². The fraction of sp³-hybridized carbons (Fsp3) is 0.857. The molecular weight excluding hydrogens is 146 g/mol. The number of carbonyl (C=O) groups is 1. The largest absolute Gasteiger partial charge is 0.400 e. The molecule has 4 heteroatoms. The van der Waals surface area contributed by atoms with Gasteiger partial charge in [0.15, 0.2) is 0 Å². The number of β-amino-alcohol motifs (C(OH)–C–C–N with tert-alkyl or cyclic N) is 1. The number of hydrogen-bond acceptors (Lipinski definition) is 4. The van der Waals surface area contributed by atoms with Crippen LogP contribution in [0.15, 0.2) is 0 Å². The number of nitrogens with one attached hydrogen (secondary N) is 1. The first kappa shape index (κ1) is 10.6. The topological polar surface area (TPSA) is 69.6 Å². The molecule has 0 spiro atoms. The Hall–Kier alpha value is -0.450. The van der Waals surface area contributed by atoms with E-state index >= 15 is 0 Å². The van der Waals surface area contributed by atoms with Gasteiger partial charge in [-0.1, -0.05) is 0 Å². The summed E-state index contributed by atoms with van der Waals surface area (Å²) >= 11 is 0. The lowest BCUT2D eigenvalue weighted by atomic mass is 10.1. The van der Waals surface area contributed by atoms with Crippen molar-refractivity contribution in [2.24, 2.45) is 0 Å². The molecule has 0 aromatic carbocycles. The number of ketones is 1. The van der Waals surface area contributed by atoms with Crippen LogP contribution in [0.3, 0.4) is 0 Å². The van der Waals surface area contributed by atoms with Crippen LogP contribution in [-0.2, 0) is 4.79 Å². The normalized spacial score (nSPS) is 29.1. The van der Waals surface area contributed by atoms with Gasteiger partial charge in [0.25, 0.3) is 0 Å². The summed E-state index contributed by atoms with van der Waals surface area (Å²) in [6.45, 7) is 2.10. The summed E-state index contributed by atoms with van der Waals surface area (Å²) < 4.78 is 0. The number of carbonyl (C=O) groups excluding carboxylic acids is 1. The third-order valence-electron chi connectivity index (χ3n) is 1.60. The van der Waals surface area contributed by atoms with E-state index in [0.29, 0.717) is 13.0 Å². The number of rotatable bonds is 1. The predicted molar refractivity (Wildman–Crippen MR) is 41.2 cm³/mol. The van der Waals surface area contributed by atoms with Gasteiger partial charge in [0.2, 0.25) is 0 Å². The maximum absolute atomic E-state index is 10.6. The summed E-state index contributed by atoms with van der Waals surface area (Å²) in [5, 5.41) is 18.8. The summed E-state index contributed by atoms with van der Waals surface area (Å²) in [4.78, 5) is 10.6. The second-order valence-corrected chi connectivity index (χ2v) is 2.46. The summed E-state index contributed by atoms with van der Waals surface area (Å²) in [7, 11) is 1.00. The van der Waals surface area contributed by atoms with E-state index < -0.39 is 0 Å². The average Bonchev–Trinajstić information content (AvgIpc) is 2.40. The van der Waals surface area contributed by atoms with Crippen LogP contribution >= 0.6 is 0 Å². The molecule has 1 saturated heterocycles. The standard InChI is InChI=1S/C6H11NO2.CH4O/c1-4(8)6-2-5(9)3-7-6;1-2/h5-7,9H,2-3H2,1H3;2H,1H3. The molecule has 1 aliphatic rings. The van der Waals surface area contributed by atoms with Crippen molar-refractivity contribution < 1.29 is 15.0 Å². The van der Waals surface area contributed by atoms with Crippen molar-refractivity contribution in [1.29, 1.82) is 0 Å². The molecule has 2 unspecified atom stereocenters. The molecule has 0 radical (unpaired) electrons. The first-order chi connectivity index (χ1) is 5.20. The smallest absolute Gasteiger partial charge is 0.146 e. The molecule has 4 nitrogen and oxygen atoms in total. The summed E-state index contributed by atoms with van der Waals surface area (Å²) in [6.07, 6.45) is 0.258. The number of hydrogen-bond donors (Lipinski definition) is 3. The van der Waals surface area contributed by atoms with Crippen molar-refractivity contribution in [1.82, 2.24) is 5.32 Å². The Labute approximate surface area is 66.2 Å². The van der Waals surface area contributed by atoms with Crippen LogP contribution in [0.4, 0.5) is 0 Å². The van der Waals surface area contributed by atoms with Gasteiger partial charge in [-0.05, 0) is 13.3 Å². The zero-order valence-corrected chi connectivity index (χ0v) is 6.87. The van der Waals surface area contributed by atoms with Crippen molar-refractivity contribution in [3.63, 3.8) is 0 Å². The van der Waals surface area contributed by atoms with E-state index in [1.165, 1.54) is 6.92 Å². The van der Waals surface area contributed by atoms with Crippen molar-refractivity contribution >= 4 is 5.78 Å². The van der Waals surface area contributed by atoms with Gasteiger partial charge in [0, 0.05) is 13.7 Å². The molecule has 0 saturated carbocycles. The molecule has 0 aromatic heterocycles. The Morgan fingerprint density at radius 3 is 2.27 bits per heavy atom. The highest BCUT2D eigenvalue weighted by atomic mass is 16.3. The highest BCUT2D eigenvalue weighted by Gasteiger charge is 2.24. The van der Waals surface area contributed by atoms with Crippen LogP contribution < -0.4 is 5.32 Å². The quantitative estimate of drug-likeness (QED) is 0.457. The van der Waals surface area contributed by atoms with Gasteiger partial charge in [-0.25, -0.2) is 0 Å². The molecular formula is C7H15NO3. The van der Waals surface area contributed by atoms with Crippen molar-refractivity contribution in [3.05, 3.63) is 0 Å². The zero-order valence-electron chi connectivity index (χ0n) is 6.87.